The van der Waals surface area contributed by atoms with Gasteiger partial charge in [-0.15, -0.1) is 0 Å². The number of rotatable bonds is 11. The predicted molar refractivity (Wildman–Crippen MR) is 121 cm³/mol. The van der Waals surface area contributed by atoms with Crippen LogP contribution in [-0.4, -0.2) is 38.1 Å². The first kappa shape index (κ1) is 26.0. The lowest BCUT2D eigenvalue weighted by molar-refractivity contribution is -0.142. The lowest BCUT2D eigenvalue weighted by atomic mass is 10.0. The Morgan fingerprint density at radius 2 is 1.46 bits per heavy atom. The fourth-order valence-electron chi connectivity index (χ4n) is 1.90. The van der Waals surface area contributed by atoms with Crippen molar-refractivity contribution in [1.82, 2.24) is 0 Å². The second-order valence-electron chi connectivity index (χ2n) is 6.45. The summed E-state index contributed by atoms with van der Waals surface area (Å²) >= 11 is 12.7. The van der Waals surface area contributed by atoms with Crippen molar-refractivity contribution in [3.8, 4) is 0 Å². The van der Waals surface area contributed by atoms with Gasteiger partial charge in [0, 0.05) is 0 Å². The number of carbonyl (C=O) groups is 1. The van der Waals surface area contributed by atoms with Gasteiger partial charge in [-0.3, -0.25) is 0 Å². The van der Waals surface area contributed by atoms with Crippen molar-refractivity contribution in [2.24, 2.45) is 5.92 Å². The maximum atomic E-state index is 12.6. The Labute approximate surface area is 177 Å². The van der Waals surface area contributed by atoms with Crippen molar-refractivity contribution in [3.63, 3.8) is 0 Å². The third kappa shape index (κ3) is 13.2. The zero-order valence-electron chi connectivity index (χ0n) is 16.6. The molecule has 0 rings (SSSR count). The van der Waals surface area contributed by atoms with Crippen LogP contribution in [0.1, 0.15) is 67.2 Å². The van der Waals surface area contributed by atoms with Gasteiger partial charge in [-0.1, -0.05) is 33.1 Å². The molecule has 1 unspecified atom stereocenters. The molecule has 0 amide bonds. The summed E-state index contributed by atoms with van der Waals surface area (Å²) in [6, 6.07) is 0. The molecule has 0 aliphatic rings. The van der Waals surface area contributed by atoms with Gasteiger partial charge < -0.3 is 14.2 Å². The zero-order valence-corrected chi connectivity index (χ0v) is 19.9. The van der Waals surface area contributed by atoms with E-state index in [4.69, 9.17) is 38.6 Å². The highest BCUT2D eigenvalue weighted by molar-refractivity contribution is 8.36. The molecule has 26 heavy (non-hydrogen) atoms. The number of esters is 1. The molecule has 0 saturated heterocycles. The smallest absolute Gasteiger partial charge is 0.330 e. The van der Waals surface area contributed by atoms with Crippen LogP contribution in [0.5, 0.6) is 0 Å². The van der Waals surface area contributed by atoms with Crippen LogP contribution < -0.4 is 0 Å². The minimum absolute atomic E-state index is 0.0472. The minimum Gasteiger partial charge on any atom is -0.476 e. The SMILES string of the molecule is CCCCC(CC)COC(=O)C(SC(=S)OC(C)C)SC(=S)OC(C)C. The summed E-state index contributed by atoms with van der Waals surface area (Å²) < 4.78 is 16.5. The van der Waals surface area contributed by atoms with E-state index in [1.807, 2.05) is 27.7 Å². The standard InChI is InChI=1S/C18H32O4S4/c1-7-9-10-14(8-2)11-20-15(19)16(25-17(23)21-12(3)4)26-18(24)22-13(5)6/h12-14,16H,7-11H2,1-6H3. The number of hydrogen-bond donors (Lipinski definition) is 0. The van der Waals surface area contributed by atoms with Crippen molar-refractivity contribution >= 4 is 62.7 Å². The normalized spacial score (nSPS) is 12.3. The van der Waals surface area contributed by atoms with Gasteiger partial charge in [0.2, 0.25) is 8.77 Å². The minimum atomic E-state index is -0.629. The molecule has 152 valence electrons. The highest BCUT2D eigenvalue weighted by atomic mass is 32.2. The average molecular weight is 441 g/mol. The van der Waals surface area contributed by atoms with Crippen LogP contribution in [0.3, 0.4) is 0 Å². The van der Waals surface area contributed by atoms with E-state index in [2.05, 4.69) is 13.8 Å². The molecule has 0 fully saturated rings. The number of unbranched alkanes of at least 4 members (excludes halogenated alkanes) is 1. The van der Waals surface area contributed by atoms with E-state index in [-0.39, 0.29) is 18.2 Å². The second-order valence-corrected chi connectivity index (χ2v) is 10.2. The van der Waals surface area contributed by atoms with Gasteiger partial charge in [0.25, 0.3) is 0 Å². The third-order valence-corrected chi connectivity index (χ3v) is 6.00. The highest BCUT2D eigenvalue weighted by Gasteiger charge is 2.28. The Morgan fingerprint density at radius 3 is 1.85 bits per heavy atom. The molecule has 0 spiro atoms. The first-order chi connectivity index (χ1) is 12.2. The van der Waals surface area contributed by atoms with Crippen LogP contribution >= 0.6 is 48.0 Å². The van der Waals surface area contributed by atoms with E-state index in [0.717, 1.165) is 49.2 Å². The van der Waals surface area contributed by atoms with Gasteiger partial charge >= 0.3 is 5.97 Å². The summed E-state index contributed by atoms with van der Waals surface area (Å²) in [7, 11) is 0. The van der Waals surface area contributed by atoms with Gasteiger partial charge in [0.15, 0.2) is 4.58 Å². The van der Waals surface area contributed by atoms with Gasteiger partial charge in [-0.2, -0.15) is 0 Å². The number of thioether (sulfide) groups is 2. The van der Waals surface area contributed by atoms with Crippen LogP contribution in [0.4, 0.5) is 0 Å². The van der Waals surface area contributed by atoms with E-state index in [1.54, 1.807) is 0 Å². The third-order valence-electron chi connectivity index (χ3n) is 3.27. The molecule has 0 aliphatic carbocycles. The van der Waals surface area contributed by atoms with Gasteiger partial charge in [-0.25, -0.2) is 4.79 Å². The molecular formula is C18H32O4S4. The molecule has 0 aromatic heterocycles. The monoisotopic (exact) mass is 440 g/mol. The Hall–Kier alpha value is -0.0500. The molecule has 0 bridgehead atoms. The fourth-order valence-corrected chi connectivity index (χ4v) is 5.12. The van der Waals surface area contributed by atoms with Crippen LogP contribution in [0, 0.1) is 5.92 Å². The van der Waals surface area contributed by atoms with Crippen molar-refractivity contribution in [2.75, 3.05) is 6.61 Å². The van der Waals surface area contributed by atoms with Crippen LogP contribution in [-0.2, 0) is 19.0 Å². The van der Waals surface area contributed by atoms with Gasteiger partial charge in [0.05, 0.1) is 18.8 Å². The summed E-state index contributed by atoms with van der Waals surface area (Å²) in [6.07, 6.45) is 4.24. The van der Waals surface area contributed by atoms with E-state index in [0.29, 0.717) is 21.3 Å². The second kappa shape index (κ2) is 14.9. The molecule has 8 heteroatoms. The molecule has 0 N–H and O–H groups in total. The molecule has 1 atom stereocenters. The Kier molecular flexibility index (Phi) is 14.9. The molecule has 0 aromatic carbocycles. The summed E-state index contributed by atoms with van der Waals surface area (Å²) in [4.78, 5) is 12.6. The quantitative estimate of drug-likeness (QED) is 0.221. The van der Waals surface area contributed by atoms with Crippen molar-refractivity contribution in [1.29, 1.82) is 0 Å². The van der Waals surface area contributed by atoms with E-state index < -0.39 is 4.58 Å². The van der Waals surface area contributed by atoms with E-state index in [1.165, 1.54) is 0 Å². The fraction of sp³-hybridized carbons (Fsp3) is 0.833. The molecule has 0 aliphatic heterocycles. The van der Waals surface area contributed by atoms with Crippen molar-refractivity contribution in [2.45, 2.75) is 84.0 Å². The first-order valence-electron chi connectivity index (χ1n) is 9.10. The maximum Gasteiger partial charge on any atom is 0.330 e. The van der Waals surface area contributed by atoms with Crippen LogP contribution in [0.15, 0.2) is 0 Å². The predicted octanol–water partition coefficient (Wildman–Crippen LogP) is 5.96. The molecule has 0 heterocycles. The van der Waals surface area contributed by atoms with E-state index in [9.17, 15) is 4.79 Å². The van der Waals surface area contributed by atoms with Crippen LogP contribution in [0.25, 0.3) is 0 Å². The topological polar surface area (TPSA) is 44.8 Å². The van der Waals surface area contributed by atoms with Gasteiger partial charge in [0.1, 0.15) is 0 Å². The Balaban J connectivity index is 4.80. The number of hydrogen-bond acceptors (Lipinski definition) is 8. The first-order valence-corrected chi connectivity index (χ1v) is 11.7. The lowest BCUT2D eigenvalue weighted by Gasteiger charge is -2.20. The van der Waals surface area contributed by atoms with Crippen LogP contribution in [0.2, 0.25) is 0 Å². The molecule has 0 aromatic rings. The molecule has 0 radical (unpaired) electrons. The van der Waals surface area contributed by atoms with Crippen molar-refractivity contribution < 1.29 is 19.0 Å². The molecular weight excluding hydrogens is 408 g/mol. The molecule has 4 nitrogen and oxygen atoms in total. The summed E-state index contributed by atoms with van der Waals surface area (Å²) in [5.74, 6) is 0.0339. The number of ether oxygens (including phenoxy) is 3. The Morgan fingerprint density at radius 1 is 0.962 bits per heavy atom. The summed E-state index contributed by atoms with van der Waals surface area (Å²) in [5.41, 5.74) is 0. The summed E-state index contributed by atoms with van der Waals surface area (Å²) in [6.45, 7) is 12.2. The Bertz CT molecular complexity index is 417. The molecule has 0 saturated carbocycles. The lowest BCUT2D eigenvalue weighted by Crippen LogP contribution is -2.24. The van der Waals surface area contributed by atoms with Crippen molar-refractivity contribution in [3.05, 3.63) is 0 Å². The van der Waals surface area contributed by atoms with E-state index >= 15 is 0 Å². The average Bonchev–Trinajstić information content (AvgIpc) is 2.52. The maximum absolute atomic E-state index is 12.6. The zero-order chi connectivity index (χ0) is 20.1. The number of thiocarbonyl (C=S) groups is 2. The van der Waals surface area contributed by atoms with Gasteiger partial charge in [-0.05, 0) is 88.0 Å². The highest BCUT2D eigenvalue weighted by Crippen LogP contribution is 2.30. The summed E-state index contributed by atoms with van der Waals surface area (Å²) in [5, 5.41) is 0. The number of carbonyl (C=O) groups excluding carboxylic acids is 1. The largest absolute Gasteiger partial charge is 0.476 e.